The molecule has 2 aromatic heterocycles. The van der Waals surface area contributed by atoms with Crippen LogP contribution in [0, 0.1) is 5.82 Å². The van der Waals surface area contributed by atoms with Crippen molar-refractivity contribution in [3.63, 3.8) is 0 Å². The second kappa shape index (κ2) is 9.14. The van der Waals surface area contributed by atoms with Gasteiger partial charge in [0.25, 0.3) is 0 Å². The Kier molecular flexibility index (Phi) is 6.19. The number of aromatic nitrogens is 2. The van der Waals surface area contributed by atoms with E-state index in [0.29, 0.717) is 23.9 Å². The number of rotatable bonds is 6. The average Bonchev–Trinajstić information content (AvgIpc) is 3.58. The number of hydrogen-bond donors (Lipinski definition) is 1. The van der Waals surface area contributed by atoms with Crippen molar-refractivity contribution < 1.29 is 9.18 Å². The van der Waals surface area contributed by atoms with Gasteiger partial charge in [-0.05, 0) is 80.9 Å². The van der Waals surface area contributed by atoms with Crippen molar-refractivity contribution in [2.24, 2.45) is 0 Å². The number of amides is 1. The highest BCUT2D eigenvalue weighted by Gasteiger charge is 2.28. The molecule has 0 radical (unpaired) electrons. The summed E-state index contributed by atoms with van der Waals surface area (Å²) in [6.45, 7) is 6.42. The minimum Gasteiger partial charge on any atom is -0.354 e. The van der Waals surface area contributed by atoms with Crippen molar-refractivity contribution in [3.8, 4) is 11.3 Å². The lowest BCUT2D eigenvalue weighted by Gasteiger charge is -2.33. The molecule has 180 valence electrons. The SMILES string of the molecule is CC(C)c1c(-c2cc(C3CC3)ncc2F)[nH]c2ccc(C3CCN(C(=O)CN(C)C)CC3)cc12. The minimum atomic E-state index is -0.271. The molecule has 0 spiro atoms. The number of nitrogens with zero attached hydrogens (tertiary/aromatic N) is 3. The predicted octanol–water partition coefficient (Wildman–Crippen LogP) is 5.64. The molecule has 3 aromatic rings. The van der Waals surface area contributed by atoms with Gasteiger partial charge in [-0.3, -0.25) is 9.78 Å². The molecule has 2 fully saturated rings. The first kappa shape index (κ1) is 23.0. The zero-order valence-electron chi connectivity index (χ0n) is 20.7. The predicted molar refractivity (Wildman–Crippen MR) is 135 cm³/mol. The van der Waals surface area contributed by atoms with Gasteiger partial charge in [0.05, 0.1) is 18.4 Å². The van der Waals surface area contributed by atoms with Gasteiger partial charge in [-0.2, -0.15) is 0 Å². The molecule has 0 bridgehead atoms. The number of halogens is 1. The molecule has 1 N–H and O–H groups in total. The van der Waals surface area contributed by atoms with E-state index in [0.717, 1.165) is 55.7 Å². The van der Waals surface area contributed by atoms with Gasteiger partial charge in [-0.1, -0.05) is 19.9 Å². The Hall–Kier alpha value is -2.73. The normalized spacial score (nSPS) is 17.3. The lowest BCUT2D eigenvalue weighted by Crippen LogP contribution is -2.42. The monoisotopic (exact) mass is 462 g/mol. The molecule has 1 aliphatic heterocycles. The van der Waals surface area contributed by atoms with Crippen LogP contribution in [0.25, 0.3) is 22.2 Å². The van der Waals surface area contributed by atoms with E-state index < -0.39 is 0 Å². The molecule has 1 aliphatic carbocycles. The zero-order valence-corrected chi connectivity index (χ0v) is 20.7. The van der Waals surface area contributed by atoms with E-state index >= 15 is 0 Å². The second-order valence-electron chi connectivity index (χ2n) is 10.6. The number of hydrogen-bond acceptors (Lipinski definition) is 3. The fourth-order valence-corrected chi connectivity index (χ4v) is 5.38. The van der Waals surface area contributed by atoms with Gasteiger partial charge in [0.2, 0.25) is 5.91 Å². The molecule has 1 saturated heterocycles. The number of likely N-dealkylation sites (tertiary alicyclic amines) is 1. The minimum absolute atomic E-state index is 0.209. The number of aromatic amines is 1. The number of carbonyl (C=O) groups is 1. The quantitative estimate of drug-likeness (QED) is 0.516. The molecule has 1 aromatic carbocycles. The van der Waals surface area contributed by atoms with E-state index in [-0.39, 0.29) is 17.6 Å². The molecule has 1 saturated carbocycles. The number of H-pyrrole nitrogens is 1. The number of fused-ring (bicyclic) bond motifs is 1. The summed E-state index contributed by atoms with van der Waals surface area (Å²) in [4.78, 5) is 24.2. The van der Waals surface area contributed by atoms with Gasteiger partial charge in [-0.25, -0.2) is 4.39 Å². The highest BCUT2D eigenvalue weighted by molar-refractivity contribution is 5.92. The first-order chi connectivity index (χ1) is 16.3. The Balaban J connectivity index is 1.45. The molecule has 5 nitrogen and oxygen atoms in total. The smallest absolute Gasteiger partial charge is 0.236 e. The first-order valence-electron chi connectivity index (χ1n) is 12.6. The molecule has 0 atom stereocenters. The number of pyridine rings is 1. The van der Waals surface area contributed by atoms with Crippen molar-refractivity contribution in [2.45, 2.75) is 57.3 Å². The molecule has 6 heteroatoms. The summed E-state index contributed by atoms with van der Waals surface area (Å²) in [6, 6.07) is 8.59. The maximum Gasteiger partial charge on any atom is 0.236 e. The number of carbonyl (C=O) groups excluding carboxylic acids is 1. The molecule has 0 unspecified atom stereocenters. The van der Waals surface area contributed by atoms with Crippen LogP contribution in [0.5, 0.6) is 0 Å². The standard InChI is InChI=1S/C28H35FN4O/c1-17(2)27-22-13-20(18-9-11-33(12-10-18)26(34)16-32(3)4)7-8-24(22)31-28(27)21-14-25(19-5-6-19)30-15-23(21)29/h7-8,13-15,17-19,31H,5-6,9-12,16H2,1-4H3. The maximum absolute atomic E-state index is 14.9. The fourth-order valence-electron chi connectivity index (χ4n) is 5.38. The van der Waals surface area contributed by atoms with Gasteiger partial charge in [-0.15, -0.1) is 0 Å². The Morgan fingerprint density at radius 3 is 2.53 bits per heavy atom. The third-order valence-electron chi connectivity index (χ3n) is 7.35. The van der Waals surface area contributed by atoms with E-state index in [1.807, 2.05) is 30.0 Å². The van der Waals surface area contributed by atoms with Crippen molar-refractivity contribution in [3.05, 3.63) is 53.1 Å². The molecule has 34 heavy (non-hydrogen) atoms. The van der Waals surface area contributed by atoms with Crippen LogP contribution >= 0.6 is 0 Å². The molecule has 1 amide bonds. The van der Waals surface area contributed by atoms with Gasteiger partial charge in [0, 0.05) is 41.2 Å². The zero-order chi connectivity index (χ0) is 24.0. The highest BCUT2D eigenvalue weighted by atomic mass is 19.1. The summed E-state index contributed by atoms with van der Waals surface area (Å²) < 4.78 is 14.9. The molecule has 5 rings (SSSR count). The molecule has 3 heterocycles. The lowest BCUT2D eigenvalue weighted by atomic mass is 9.87. The van der Waals surface area contributed by atoms with Gasteiger partial charge < -0.3 is 14.8 Å². The lowest BCUT2D eigenvalue weighted by molar-refractivity contribution is -0.132. The van der Waals surface area contributed by atoms with Gasteiger partial charge in [0.15, 0.2) is 5.82 Å². The van der Waals surface area contributed by atoms with Crippen LogP contribution in [0.3, 0.4) is 0 Å². The van der Waals surface area contributed by atoms with E-state index in [2.05, 4.69) is 42.0 Å². The van der Waals surface area contributed by atoms with Gasteiger partial charge >= 0.3 is 0 Å². The Morgan fingerprint density at radius 1 is 1.15 bits per heavy atom. The number of nitrogens with one attached hydrogen (secondary N) is 1. The van der Waals surface area contributed by atoms with Crippen LogP contribution in [0.1, 0.15) is 74.1 Å². The Morgan fingerprint density at radius 2 is 1.88 bits per heavy atom. The third-order valence-corrected chi connectivity index (χ3v) is 7.35. The van der Waals surface area contributed by atoms with Crippen LogP contribution in [0.15, 0.2) is 30.5 Å². The van der Waals surface area contributed by atoms with E-state index in [9.17, 15) is 9.18 Å². The maximum atomic E-state index is 14.9. The highest BCUT2D eigenvalue weighted by Crippen LogP contribution is 2.43. The summed E-state index contributed by atoms with van der Waals surface area (Å²) in [5.74, 6) is 1.11. The van der Waals surface area contributed by atoms with Crippen LogP contribution in [0.4, 0.5) is 4.39 Å². The Labute approximate surface area is 201 Å². The summed E-state index contributed by atoms with van der Waals surface area (Å²) >= 11 is 0. The average molecular weight is 463 g/mol. The molecular formula is C28H35FN4O. The van der Waals surface area contributed by atoms with Crippen molar-refractivity contribution in [1.82, 2.24) is 19.8 Å². The number of likely N-dealkylation sites (N-methyl/N-ethyl adjacent to an activating group) is 1. The van der Waals surface area contributed by atoms with Crippen molar-refractivity contribution in [1.29, 1.82) is 0 Å². The largest absolute Gasteiger partial charge is 0.354 e. The number of benzene rings is 1. The van der Waals surface area contributed by atoms with Crippen LogP contribution in [-0.4, -0.2) is 59.4 Å². The third kappa shape index (κ3) is 4.48. The summed E-state index contributed by atoms with van der Waals surface area (Å²) in [7, 11) is 3.86. The van der Waals surface area contributed by atoms with Gasteiger partial charge in [0.1, 0.15) is 0 Å². The van der Waals surface area contributed by atoms with Crippen LogP contribution in [0.2, 0.25) is 0 Å². The van der Waals surface area contributed by atoms with E-state index in [4.69, 9.17) is 0 Å². The Bertz CT molecular complexity index is 1200. The summed E-state index contributed by atoms with van der Waals surface area (Å²) in [5, 5.41) is 1.18. The van der Waals surface area contributed by atoms with E-state index in [1.54, 1.807) is 0 Å². The van der Waals surface area contributed by atoms with Crippen LogP contribution in [-0.2, 0) is 4.79 Å². The van der Waals surface area contributed by atoms with E-state index in [1.165, 1.54) is 22.7 Å². The van der Waals surface area contributed by atoms with Crippen LogP contribution < -0.4 is 0 Å². The topological polar surface area (TPSA) is 52.2 Å². The molecular weight excluding hydrogens is 427 g/mol. The molecule has 2 aliphatic rings. The summed E-state index contributed by atoms with van der Waals surface area (Å²) in [5.41, 5.74) is 6.04. The first-order valence-corrected chi connectivity index (χ1v) is 12.6. The van der Waals surface area contributed by atoms with Crippen molar-refractivity contribution >= 4 is 16.8 Å². The number of piperidine rings is 1. The summed E-state index contributed by atoms with van der Waals surface area (Å²) in [6.07, 6.45) is 5.62. The second-order valence-corrected chi connectivity index (χ2v) is 10.6. The fraction of sp³-hybridized carbons (Fsp3) is 0.500. The van der Waals surface area contributed by atoms with Crippen molar-refractivity contribution in [2.75, 3.05) is 33.7 Å².